The second-order valence-corrected chi connectivity index (χ2v) is 9.77. The van der Waals surface area contributed by atoms with Crippen molar-refractivity contribution in [2.45, 2.75) is 9.96 Å². The van der Waals surface area contributed by atoms with E-state index in [0.717, 1.165) is 20.9 Å². The summed E-state index contributed by atoms with van der Waals surface area (Å²) in [6.45, 7) is 0. The molecule has 0 aliphatic rings. The summed E-state index contributed by atoms with van der Waals surface area (Å²) in [5.41, 5.74) is 1.21. The van der Waals surface area contributed by atoms with E-state index in [4.69, 9.17) is 47.0 Å². The molecule has 0 aliphatic heterocycles. The molecule has 0 aliphatic carbocycles. The van der Waals surface area contributed by atoms with Crippen LogP contribution >= 0.6 is 63.0 Å². The van der Waals surface area contributed by atoms with Crippen molar-refractivity contribution in [2.24, 2.45) is 0 Å². The van der Waals surface area contributed by atoms with Crippen LogP contribution in [0.4, 0.5) is 5.69 Å². The second-order valence-electron chi connectivity index (χ2n) is 6.08. The molecule has 29 heavy (non-hydrogen) atoms. The van der Waals surface area contributed by atoms with Crippen molar-refractivity contribution < 1.29 is 4.79 Å². The Morgan fingerprint density at radius 2 is 1.59 bits per heavy atom. The lowest BCUT2D eigenvalue weighted by Gasteiger charge is -2.28. The van der Waals surface area contributed by atoms with Crippen LogP contribution in [0.3, 0.4) is 0 Å². The van der Waals surface area contributed by atoms with E-state index < -0.39 is 15.9 Å². The van der Waals surface area contributed by atoms with Gasteiger partial charge in [-0.25, -0.2) is 0 Å². The van der Waals surface area contributed by atoms with E-state index in [1.54, 1.807) is 24.3 Å². The maximum absolute atomic E-state index is 12.5. The van der Waals surface area contributed by atoms with E-state index in [1.807, 2.05) is 42.5 Å². The van der Waals surface area contributed by atoms with E-state index in [2.05, 4.69) is 31.9 Å². The molecule has 4 nitrogen and oxygen atoms in total. The summed E-state index contributed by atoms with van der Waals surface area (Å²) in [5.74, 6) is -0.408. The molecule has 0 bridgehead atoms. The van der Waals surface area contributed by atoms with E-state index in [-0.39, 0.29) is 5.11 Å². The van der Waals surface area contributed by atoms with Gasteiger partial charge in [0.05, 0.1) is 0 Å². The number of anilines is 1. The summed E-state index contributed by atoms with van der Waals surface area (Å²) >= 11 is 26.9. The van der Waals surface area contributed by atoms with Crippen LogP contribution in [0.5, 0.6) is 0 Å². The summed E-state index contributed by atoms with van der Waals surface area (Å²) in [7, 11) is 0. The normalized spacial score (nSPS) is 12.3. The molecule has 0 unspecified atom stereocenters. The first kappa shape index (κ1) is 22.1. The van der Waals surface area contributed by atoms with Crippen molar-refractivity contribution in [3.63, 3.8) is 0 Å². The highest BCUT2D eigenvalue weighted by atomic mass is 79.9. The Balaban J connectivity index is 1.73. The zero-order chi connectivity index (χ0) is 21.0. The maximum Gasteiger partial charge on any atom is 0.252 e. The molecule has 3 N–H and O–H groups in total. The quantitative estimate of drug-likeness (QED) is 0.219. The number of hydrogen-bond donors (Lipinski definition) is 3. The average molecular weight is 532 g/mol. The van der Waals surface area contributed by atoms with Gasteiger partial charge in [0.15, 0.2) is 5.11 Å². The number of benzene rings is 3. The van der Waals surface area contributed by atoms with Crippen molar-refractivity contribution in [3.8, 4) is 0 Å². The number of alkyl halides is 3. The Kier molecular flexibility index (Phi) is 7.24. The molecule has 150 valence electrons. The molecular weight excluding hydrogens is 517 g/mol. The van der Waals surface area contributed by atoms with Crippen LogP contribution in [0.1, 0.15) is 10.4 Å². The highest BCUT2D eigenvalue weighted by Gasteiger charge is 2.35. The second kappa shape index (κ2) is 9.49. The number of rotatable bonds is 4. The van der Waals surface area contributed by atoms with Crippen molar-refractivity contribution in [1.82, 2.24) is 10.6 Å². The Morgan fingerprint density at radius 1 is 0.931 bits per heavy atom. The number of fused-ring (bicyclic) bond motifs is 1. The number of hydrogen-bond acceptors (Lipinski definition) is 2. The topological polar surface area (TPSA) is 53.2 Å². The molecule has 1 amide bonds. The van der Waals surface area contributed by atoms with Gasteiger partial charge in [-0.3, -0.25) is 4.79 Å². The standard InChI is InChI=1S/C20H15BrCl3N3OS/c21-14-10-8-13(9-11-14)17(28)26-18(20(22,23)24)27-19(29)25-16-7-3-5-12-4-1-2-6-15(12)16/h1-11,18H,(H,26,28)(H2,25,27,29)/t18-/m0/s1. The van der Waals surface area contributed by atoms with Crippen molar-refractivity contribution >= 4 is 90.4 Å². The van der Waals surface area contributed by atoms with Gasteiger partial charge in [-0.1, -0.05) is 87.1 Å². The minimum absolute atomic E-state index is 0.203. The van der Waals surface area contributed by atoms with Crippen LogP contribution in [-0.4, -0.2) is 21.0 Å². The van der Waals surface area contributed by atoms with Crippen LogP contribution in [0.25, 0.3) is 10.8 Å². The summed E-state index contributed by atoms with van der Waals surface area (Å²) in [4.78, 5) is 12.5. The minimum Gasteiger partial charge on any atom is -0.339 e. The third-order valence-corrected chi connectivity index (χ3v) is 5.43. The van der Waals surface area contributed by atoms with Crippen LogP contribution < -0.4 is 16.0 Å². The van der Waals surface area contributed by atoms with E-state index in [0.29, 0.717) is 5.56 Å². The van der Waals surface area contributed by atoms with E-state index in [9.17, 15) is 4.79 Å². The van der Waals surface area contributed by atoms with E-state index in [1.165, 1.54) is 0 Å². The summed E-state index contributed by atoms with van der Waals surface area (Å²) in [6.07, 6.45) is -1.06. The maximum atomic E-state index is 12.5. The monoisotopic (exact) mass is 529 g/mol. The molecule has 9 heteroatoms. The van der Waals surface area contributed by atoms with Crippen LogP contribution in [0.15, 0.2) is 71.2 Å². The number of amides is 1. The predicted octanol–water partition coefficient (Wildman–Crippen LogP) is 6.02. The van der Waals surface area contributed by atoms with Crippen molar-refractivity contribution in [3.05, 3.63) is 76.8 Å². The van der Waals surface area contributed by atoms with Gasteiger partial charge in [-0.05, 0) is 47.9 Å². The first-order valence-corrected chi connectivity index (χ1v) is 10.8. The lowest BCUT2D eigenvalue weighted by atomic mass is 10.1. The average Bonchev–Trinajstić information content (AvgIpc) is 2.67. The lowest BCUT2D eigenvalue weighted by molar-refractivity contribution is 0.0934. The highest BCUT2D eigenvalue weighted by molar-refractivity contribution is 9.10. The lowest BCUT2D eigenvalue weighted by Crippen LogP contribution is -2.56. The number of thiocarbonyl (C=S) groups is 1. The van der Waals surface area contributed by atoms with Gasteiger partial charge in [0, 0.05) is 21.1 Å². The largest absolute Gasteiger partial charge is 0.339 e. The molecular formula is C20H15BrCl3N3OS. The molecule has 0 spiro atoms. The molecule has 3 rings (SSSR count). The zero-order valence-corrected chi connectivity index (χ0v) is 19.4. The molecule has 0 radical (unpaired) electrons. The van der Waals surface area contributed by atoms with Gasteiger partial charge < -0.3 is 16.0 Å². The number of carbonyl (C=O) groups is 1. The first-order chi connectivity index (χ1) is 13.7. The summed E-state index contributed by atoms with van der Waals surface area (Å²) in [6, 6.07) is 20.5. The fourth-order valence-electron chi connectivity index (χ4n) is 2.64. The van der Waals surface area contributed by atoms with Gasteiger partial charge in [-0.15, -0.1) is 0 Å². The molecule has 3 aromatic rings. The number of nitrogens with one attached hydrogen (secondary N) is 3. The molecule has 0 saturated carbocycles. The van der Waals surface area contributed by atoms with Crippen molar-refractivity contribution in [2.75, 3.05) is 5.32 Å². The third-order valence-electron chi connectivity index (χ3n) is 4.02. The molecule has 1 atom stereocenters. The molecule has 0 saturated heterocycles. The minimum atomic E-state index is -1.84. The Bertz CT molecular complexity index is 1040. The van der Waals surface area contributed by atoms with Crippen LogP contribution in [0, 0.1) is 0 Å². The zero-order valence-electron chi connectivity index (χ0n) is 14.8. The molecule has 0 fully saturated rings. The van der Waals surface area contributed by atoms with Gasteiger partial charge in [0.1, 0.15) is 6.17 Å². The highest BCUT2D eigenvalue weighted by Crippen LogP contribution is 2.30. The molecule has 3 aromatic carbocycles. The van der Waals surface area contributed by atoms with Gasteiger partial charge >= 0.3 is 0 Å². The predicted molar refractivity (Wildman–Crippen MR) is 129 cm³/mol. The molecule has 0 aromatic heterocycles. The van der Waals surface area contributed by atoms with E-state index >= 15 is 0 Å². The number of halogens is 4. The smallest absolute Gasteiger partial charge is 0.252 e. The Morgan fingerprint density at radius 3 is 2.28 bits per heavy atom. The number of carbonyl (C=O) groups excluding carboxylic acids is 1. The summed E-state index contributed by atoms with van der Waals surface area (Å²) < 4.78 is -0.985. The Hall–Kier alpha value is -1.57. The van der Waals surface area contributed by atoms with Crippen LogP contribution in [0.2, 0.25) is 0 Å². The Labute approximate surface area is 197 Å². The van der Waals surface area contributed by atoms with Gasteiger partial charge in [-0.2, -0.15) is 0 Å². The fraction of sp³-hybridized carbons (Fsp3) is 0.100. The first-order valence-electron chi connectivity index (χ1n) is 8.42. The third kappa shape index (κ3) is 5.96. The summed E-state index contributed by atoms with van der Waals surface area (Å²) in [5, 5.41) is 10.9. The van der Waals surface area contributed by atoms with Gasteiger partial charge in [0.25, 0.3) is 5.91 Å². The van der Waals surface area contributed by atoms with Crippen molar-refractivity contribution in [1.29, 1.82) is 0 Å². The van der Waals surface area contributed by atoms with Crippen LogP contribution in [-0.2, 0) is 0 Å². The molecule has 0 heterocycles. The SMILES string of the molecule is O=C(N[C@@H](NC(=S)Nc1cccc2ccccc12)C(Cl)(Cl)Cl)c1ccc(Br)cc1. The fourth-order valence-corrected chi connectivity index (χ4v) is 3.46. The van der Waals surface area contributed by atoms with Gasteiger partial charge in [0.2, 0.25) is 3.79 Å².